The third-order valence-electron chi connectivity index (χ3n) is 7.61. The van der Waals surface area contributed by atoms with Crippen molar-refractivity contribution in [3.63, 3.8) is 0 Å². The van der Waals surface area contributed by atoms with Gasteiger partial charge in [-0.2, -0.15) is 5.10 Å². The largest absolute Gasteiger partial charge is 0.381 e. The molecule has 0 amide bonds. The van der Waals surface area contributed by atoms with E-state index in [2.05, 4.69) is 31.6 Å². The maximum Gasteiger partial charge on any atom is 0.255 e. The molecule has 0 radical (unpaired) electrons. The highest BCUT2D eigenvalue weighted by Crippen LogP contribution is 2.32. The van der Waals surface area contributed by atoms with Gasteiger partial charge >= 0.3 is 0 Å². The molecule has 0 unspecified atom stereocenters. The van der Waals surface area contributed by atoms with E-state index < -0.39 is 0 Å². The van der Waals surface area contributed by atoms with Crippen molar-refractivity contribution in [2.45, 2.75) is 57.2 Å². The monoisotopic (exact) mass is 496 g/mol. The van der Waals surface area contributed by atoms with Crippen LogP contribution in [0.4, 0.5) is 0 Å². The fourth-order valence-corrected chi connectivity index (χ4v) is 5.85. The summed E-state index contributed by atoms with van der Waals surface area (Å²) in [7, 11) is 0. The highest BCUT2D eigenvalue weighted by Gasteiger charge is 2.31. The van der Waals surface area contributed by atoms with Gasteiger partial charge in [0.15, 0.2) is 5.82 Å². The number of halogens is 2. The Morgan fingerprint density at radius 1 is 1.06 bits per heavy atom. The summed E-state index contributed by atoms with van der Waals surface area (Å²) in [6.07, 6.45) is 4.15. The third-order valence-corrected chi connectivity index (χ3v) is 7.61. The fraction of sp³-hybridized carbons (Fsp3) is 0.696. The Kier molecular flexibility index (Phi) is 7.80. The molecule has 2 aromatic rings. The van der Waals surface area contributed by atoms with Crippen LogP contribution in [-0.2, 0) is 30.8 Å². The van der Waals surface area contributed by atoms with Gasteiger partial charge in [-0.15, -0.1) is 24.8 Å². The van der Waals surface area contributed by atoms with Crippen LogP contribution in [0.1, 0.15) is 54.0 Å². The number of pyridine rings is 1. The number of rotatable bonds is 3. The first-order valence-corrected chi connectivity index (χ1v) is 11.9. The average molecular weight is 497 g/mol. The second kappa shape index (κ2) is 10.4. The summed E-state index contributed by atoms with van der Waals surface area (Å²) in [6.45, 7) is 7.90. The molecule has 0 saturated carbocycles. The molecule has 2 saturated heterocycles. The Balaban J connectivity index is 0.00000130. The van der Waals surface area contributed by atoms with E-state index in [1.165, 1.54) is 12.1 Å². The maximum absolute atomic E-state index is 13.3. The Labute approximate surface area is 206 Å². The zero-order chi connectivity index (χ0) is 20.8. The van der Waals surface area contributed by atoms with Crippen LogP contribution in [0.5, 0.6) is 0 Å². The van der Waals surface area contributed by atoms with E-state index in [4.69, 9.17) is 14.8 Å². The Morgan fingerprint density at radius 3 is 2.76 bits per heavy atom. The minimum absolute atomic E-state index is 0. The van der Waals surface area contributed by atoms with Gasteiger partial charge in [-0.05, 0) is 37.8 Å². The summed E-state index contributed by atoms with van der Waals surface area (Å²) >= 11 is 0. The van der Waals surface area contributed by atoms with Gasteiger partial charge in [0.25, 0.3) is 5.56 Å². The van der Waals surface area contributed by atoms with Crippen LogP contribution in [0.2, 0.25) is 0 Å². The normalized spacial score (nSPS) is 25.2. The molecule has 2 aromatic heterocycles. The Hall–Kier alpha value is -1.45. The first kappa shape index (κ1) is 24.7. The SMILES string of the molecule is Cl.Cl.O=c1c(CN2CCc3nc(C4CCOCC4)nn3CC2)ccc2n1C[C@@H]1CNC[C@H]2C1. The van der Waals surface area contributed by atoms with Crippen LogP contribution in [0, 0.1) is 5.92 Å². The molecule has 2 fully saturated rings. The molecule has 4 aliphatic rings. The molecule has 1 N–H and O–H groups in total. The van der Waals surface area contributed by atoms with Gasteiger partial charge in [0.2, 0.25) is 0 Å². The molecule has 4 aliphatic heterocycles. The standard InChI is InChI=1S/C23H32N6O2.2ClH/c30-23-18(1-2-20-19-11-16(12-24-13-19)14-28(20)23)15-27-6-3-21-25-22(26-29(21)8-7-27)17-4-9-31-10-5-17;;/h1-2,16-17,19,24H,3-15H2;2*1H/t16-,19+;;/m0../s1. The molecule has 33 heavy (non-hydrogen) atoms. The van der Waals surface area contributed by atoms with E-state index >= 15 is 0 Å². The Morgan fingerprint density at radius 2 is 1.91 bits per heavy atom. The lowest BCUT2D eigenvalue weighted by molar-refractivity contribution is 0.0835. The predicted molar refractivity (Wildman–Crippen MR) is 131 cm³/mol. The predicted octanol–water partition coefficient (Wildman–Crippen LogP) is 1.94. The lowest BCUT2D eigenvalue weighted by Crippen LogP contribution is -2.45. The van der Waals surface area contributed by atoms with Crippen molar-refractivity contribution in [3.05, 3.63) is 45.4 Å². The van der Waals surface area contributed by atoms with Crippen molar-refractivity contribution >= 4 is 24.8 Å². The van der Waals surface area contributed by atoms with Crippen molar-refractivity contribution < 1.29 is 4.74 Å². The number of fused-ring (bicyclic) bond motifs is 5. The van der Waals surface area contributed by atoms with Gasteiger partial charge < -0.3 is 14.6 Å². The number of piperidine rings is 1. The summed E-state index contributed by atoms with van der Waals surface area (Å²) in [4.78, 5) is 20.5. The van der Waals surface area contributed by atoms with E-state index in [0.717, 1.165) is 89.0 Å². The van der Waals surface area contributed by atoms with E-state index in [9.17, 15) is 4.79 Å². The van der Waals surface area contributed by atoms with E-state index in [1.54, 1.807) is 0 Å². The molecule has 8 nitrogen and oxygen atoms in total. The second-order valence-electron chi connectivity index (χ2n) is 9.68. The van der Waals surface area contributed by atoms with Crippen molar-refractivity contribution in [1.29, 1.82) is 0 Å². The topological polar surface area (TPSA) is 77.2 Å². The summed E-state index contributed by atoms with van der Waals surface area (Å²) in [6, 6.07) is 4.28. The number of aromatic nitrogens is 4. The van der Waals surface area contributed by atoms with Crippen LogP contribution < -0.4 is 10.9 Å². The maximum atomic E-state index is 13.3. The van der Waals surface area contributed by atoms with Crippen LogP contribution in [0.25, 0.3) is 0 Å². The van der Waals surface area contributed by atoms with Gasteiger partial charge in [0.05, 0.1) is 6.54 Å². The second-order valence-corrected chi connectivity index (χ2v) is 9.68. The van der Waals surface area contributed by atoms with Crippen molar-refractivity contribution in [2.24, 2.45) is 5.92 Å². The van der Waals surface area contributed by atoms with Gasteiger partial charge in [-0.3, -0.25) is 9.69 Å². The molecule has 0 aliphatic carbocycles. The fourth-order valence-electron chi connectivity index (χ4n) is 5.85. The molecule has 0 spiro atoms. The summed E-state index contributed by atoms with van der Waals surface area (Å²) in [5.74, 6) is 3.60. The van der Waals surface area contributed by atoms with Gasteiger partial charge in [-0.25, -0.2) is 9.67 Å². The minimum Gasteiger partial charge on any atom is -0.381 e. The average Bonchev–Trinajstić information content (AvgIpc) is 3.12. The zero-order valence-corrected chi connectivity index (χ0v) is 20.6. The summed E-state index contributed by atoms with van der Waals surface area (Å²) < 4.78 is 9.65. The lowest BCUT2D eigenvalue weighted by atomic mass is 9.84. The molecule has 182 valence electrons. The highest BCUT2D eigenvalue weighted by molar-refractivity contribution is 5.85. The minimum atomic E-state index is 0. The molecular weight excluding hydrogens is 463 g/mol. The molecule has 10 heteroatoms. The molecule has 6 rings (SSSR count). The zero-order valence-electron chi connectivity index (χ0n) is 18.9. The van der Waals surface area contributed by atoms with Crippen molar-refractivity contribution in [1.82, 2.24) is 29.5 Å². The molecule has 6 heterocycles. The van der Waals surface area contributed by atoms with Crippen LogP contribution >= 0.6 is 24.8 Å². The smallest absolute Gasteiger partial charge is 0.255 e. The van der Waals surface area contributed by atoms with E-state index in [-0.39, 0.29) is 30.4 Å². The number of hydrogen-bond donors (Lipinski definition) is 1. The van der Waals surface area contributed by atoms with Gasteiger partial charge in [0, 0.05) is 75.5 Å². The summed E-state index contributed by atoms with van der Waals surface area (Å²) in [5, 5.41) is 8.36. The number of ether oxygens (including phenoxy) is 1. The molecular formula is C23H34Cl2N6O2. The first-order chi connectivity index (χ1) is 15.2. The van der Waals surface area contributed by atoms with Crippen LogP contribution in [-0.4, -0.2) is 63.6 Å². The lowest BCUT2D eigenvalue weighted by Gasteiger charge is -2.37. The Bertz CT molecular complexity index is 993. The molecule has 0 aromatic carbocycles. The number of hydrogen-bond acceptors (Lipinski definition) is 6. The first-order valence-electron chi connectivity index (χ1n) is 11.9. The van der Waals surface area contributed by atoms with Gasteiger partial charge in [0.1, 0.15) is 5.82 Å². The number of nitrogens with one attached hydrogen (secondary N) is 1. The van der Waals surface area contributed by atoms with Gasteiger partial charge in [-0.1, -0.05) is 6.07 Å². The van der Waals surface area contributed by atoms with Crippen molar-refractivity contribution in [3.8, 4) is 0 Å². The molecule has 2 atom stereocenters. The van der Waals surface area contributed by atoms with E-state index in [0.29, 0.717) is 24.3 Å². The van der Waals surface area contributed by atoms with Crippen LogP contribution in [0.3, 0.4) is 0 Å². The number of nitrogens with zero attached hydrogens (tertiary/aromatic N) is 5. The third kappa shape index (κ3) is 4.86. The van der Waals surface area contributed by atoms with E-state index in [1.807, 2.05) is 0 Å². The summed E-state index contributed by atoms with van der Waals surface area (Å²) in [5.41, 5.74) is 2.36. The highest BCUT2D eigenvalue weighted by atomic mass is 35.5. The van der Waals surface area contributed by atoms with Crippen LogP contribution in [0.15, 0.2) is 16.9 Å². The molecule has 2 bridgehead atoms. The van der Waals surface area contributed by atoms with Crippen molar-refractivity contribution in [2.75, 3.05) is 39.4 Å². The quantitative estimate of drug-likeness (QED) is 0.699.